The largest absolute Gasteiger partial charge is 0.494 e. The first-order valence-corrected chi connectivity index (χ1v) is 11.6. The maximum atomic E-state index is 12.8. The zero-order valence-electron chi connectivity index (χ0n) is 20.2. The minimum atomic E-state index is -0.555. The average Bonchev–Trinajstić information content (AvgIpc) is 2.74. The highest BCUT2D eigenvalue weighted by molar-refractivity contribution is 5.84. The Balaban J connectivity index is 2.25. The molecule has 0 amide bonds. The van der Waals surface area contributed by atoms with E-state index < -0.39 is 11.2 Å². The molecule has 0 radical (unpaired) electrons. The van der Waals surface area contributed by atoms with Gasteiger partial charge in [-0.25, -0.2) is 4.79 Å². The van der Waals surface area contributed by atoms with Gasteiger partial charge in [-0.05, 0) is 64.3 Å². The second-order valence-corrected chi connectivity index (χ2v) is 8.73. The molecule has 1 heterocycles. The summed E-state index contributed by atoms with van der Waals surface area (Å²) in [5.74, 6) is 0.959. The van der Waals surface area contributed by atoms with E-state index in [2.05, 4.69) is 18.8 Å². The standard InChI is InChI=1S/C25H37N3O4/c1-7-9-10-19(8-2)16-32-21-13-11-20(12-14-21)26-15-22-23(29)27(17(3)4)25(31)28(18(5)6)24(22)30/h11-15,17-19,29H,7-10,16H2,1-6H3. The summed E-state index contributed by atoms with van der Waals surface area (Å²) in [6.45, 7) is 12.2. The minimum Gasteiger partial charge on any atom is -0.494 e. The third-order valence-corrected chi connectivity index (χ3v) is 5.57. The molecule has 1 aromatic heterocycles. The summed E-state index contributed by atoms with van der Waals surface area (Å²) in [5, 5.41) is 10.6. The van der Waals surface area contributed by atoms with Crippen molar-refractivity contribution in [3.8, 4) is 11.6 Å². The van der Waals surface area contributed by atoms with E-state index in [4.69, 9.17) is 4.74 Å². The van der Waals surface area contributed by atoms with Crippen molar-refractivity contribution >= 4 is 11.9 Å². The molecule has 0 aliphatic carbocycles. The van der Waals surface area contributed by atoms with Crippen LogP contribution in [0.4, 0.5) is 5.69 Å². The van der Waals surface area contributed by atoms with Crippen LogP contribution in [0, 0.1) is 5.92 Å². The van der Waals surface area contributed by atoms with Gasteiger partial charge in [0, 0.05) is 18.3 Å². The van der Waals surface area contributed by atoms with Crippen LogP contribution >= 0.6 is 0 Å². The number of hydrogen-bond acceptors (Lipinski definition) is 5. The second-order valence-electron chi connectivity index (χ2n) is 8.73. The van der Waals surface area contributed by atoms with Crippen LogP contribution < -0.4 is 16.0 Å². The van der Waals surface area contributed by atoms with Crippen LogP contribution in [0.3, 0.4) is 0 Å². The summed E-state index contributed by atoms with van der Waals surface area (Å²) in [4.78, 5) is 29.8. The number of hydrogen-bond donors (Lipinski definition) is 1. The van der Waals surface area contributed by atoms with Crippen LogP contribution in [0.25, 0.3) is 0 Å². The molecule has 0 spiro atoms. The quantitative estimate of drug-likeness (QED) is 0.482. The van der Waals surface area contributed by atoms with E-state index in [1.165, 1.54) is 30.0 Å². The first kappa shape index (κ1) is 25.4. The molecule has 1 unspecified atom stereocenters. The lowest BCUT2D eigenvalue weighted by Crippen LogP contribution is -2.43. The number of unbranched alkanes of at least 4 members (excludes halogenated alkanes) is 1. The average molecular weight is 444 g/mol. The Morgan fingerprint density at radius 1 is 1.03 bits per heavy atom. The Hall–Kier alpha value is -2.83. The van der Waals surface area contributed by atoms with Gasteiger partial charge in [0.05, 0.1) is 12.3 Å². The molecule has 7 nitrogen and oxygen atoms in total. The second kappa shape index (κ2) is 11.7. The lowest BCUT2D eigenvalue weighted by atomic mass is 10.0. The highest BCUT2D eigenvalue weighted by Gasteiger charge is 2.20. The minimum absolute atomic E-state index is 0.00552. The molecule has 176 valence electrons. The van der Waals surface area contributed by atoms with E-state index in [1.807, 2.05) is 12.1 Å². The Morgan fingerprint density at radius 3 is 2.19 bits per heavy atom. The van der Waals surface area contributed by atoms with Gasteiger partial charge < -0.3 is 9.84 Å². The Kier molecular flexibility index (Phi) is 9.29. The number of aliphatic imine (C=N–C) groups is 1. The molecule has 0 aliphatic rings. The van der Waals surface area contributed by atoms with Crippen LogP contribution in [-0.2, 0) is 0 Å². The molecular weight excluding hydrogens is 406 g/mol. The number of aromatic nitrogens is 2. The van der Waals surface area contributed by atoms with Gasteiger partial charge in [-0.15, -0.1) is 0 Å². The van der Waals surface area contributed by atoms with Gasteiger partial charge in [0.15, 0.2) is 0 Å². The summed E-state index contributed by atoms with van der Waals surface area (Å²) in [7, 11) is 0. The molecular formula is C25H37N3O4. The summed E-state index contributed by atoms with van der Waals surface area (Å²) in [5.41, 5.74) is -0.470. The van der Waals surface area contributed by atoms with Gasteiger partial charge in [-0.3, -0.25) is 18.9 Å². The molecule has 1 aromatic carbocycles. The predicted octanol–water partition coefficient (Wildman–Crippen LogP) is 5.22. The van der Waals surface area contributed by atoms with Crippen molar-refractivity contribution in [3.05, 3.63) is 50.7 Å². The monoisotopic (exact) mass is 443 g/mol. The van der Waals surface area contributed by atoms with Gasteiger partial charge in [0.25, 0.3) is 5.56 Å². The lowest BCUT2D eigenvalue weighted by Gasteiger charge is -2.18. The van der Waals surface area contributed by atoms with E-state index in [-0.39, 0.29) is 23.5 Å². The van der Waals surface area contributed by atoms with Crippen LogP contribution in [0.15, 0.2) is 38.8 Å². The highest BCUT2D eigenvalue weighted by atomic mass is 16.5. The van der Waals surface area contributed by atoms with Gasteiger partial charge in [0.1, 0.15) is 11.3 Å². The number of ether oxygens (including phenoxy) is 1. The molecule has 2 aromatic rings. The SMILES string of the molecule is CCCCC(CC)COc1ccc(N=Cc2c(O)n(C(C)C)c(=O)n(C(C)C)c2=O)cc1. The van der Waals surface area contributed by atoms with Gasteiger partial charge in [-0.2, -0.15) is 0 Å². The van der Waals surface area contributed by atoms with E-state index >= 15 is 0 Å². The Labute approximate surface area is 190 Å². The molecule has 0 bridgehead atoms. The van der Waals surface area contributed by atoms with Crippen molar-refractivity contribution in [3.63, 3.8) is 0 Å². The van der Waals surface area contributed by atoms with Crippen LogP contribution in [0.5, 0.6) is 11.6 Å². The summed E-state index contributed by atoms with van der Waals surface area (Å²) < 4.78 is 8.28. The Bertz CT molecular complexity index is 1020. The maximum Gasteiger partial charge on any atom is 0.334 e. The number of rotatable bonds is 11. The smallest absolute Gasteiger partial charge is 0.334 e. The number of nitrogens with zero attached hydrogens (tertiary/aromatic N) is 3. The highest BCUT2D eigenvalue weighted by Crippen LogP contribution is 2.21. The molecule has 2 rings (SSSR count). The van der Waals surface area contributed by atoms with Crippen molar-refractivity contribution < 1.29 is 9.84 Å². The third kappa shape index (κ3) is 6.11. The van der Waals surface area contributed by atoms with Gasteiger partial charge in [-0.1, -0.05) is 33.1 Å². The van der Waals surface area contributed by atoms with E-state index in [0.717, 1.165) is 16.7 Å². The third-order valence-electron chi connectivity index (χ3n) is 5.57. The lowest BCUT2D eigenvalue weighted by molar-refractivity contribution is 0.233. The normalized spacial score (nSPS) is 12.8. The van der Waals surface area contributed by atoms with Crippen molar-refractivity contribution in [1.29, 1.82) is 0 Å². The first-order valence-electron chi connectivity index (χ1n) is 11.6. The van der Waals surface area contributed by atoms with Gasteiger partial charge in [0.2, 0.25) is 5.88 Å². The number of benzene rings is 1. The fourth-order valence-corrected chi connectivity index (χ4v) is 3.56. The van der Waals surface area contributed by atoms with Crippen molar-refractivity contribution in [1.82, 2.24) is 9.13 Å². The molecule has 0 aliphatic heterocycles. The van der Waals surface area contributed by atoms with Crippen LogP contribution in [-0.4, -0.2) is 27.1 Å². The molecule has 1 atom stereocenters. The van der Waals surface area contributed by atoms with Crippen molar-refractivity contribution in [2.24, 2.45) is 10.9 Å². The zero-order chi connectivity index (χ0) is 23.8. The molecule has 7 heteroatoms. The van der Waals surface area contributed by atoms with Crippen molar-refractivity contribution in [2.45, 2.75) is 79.3 Å². The first-order chi connectivity index (χ1) is 15.2. The molecule has 0 saturated heterocycles. The van der Waals surface area contributed by atoms with Gasteiger partial charge >= 0.3 is 5.69 Å². The zero-order valence-corrected chi connectivity index (χ0v) is 20.2. The molecule has 32 heavy (non-hydrogen) atoms. The Morgan fingerprint density at radius 2 is 1.66 bits per heavy atom. The molecule has 0 fully saturated rings. The van der Waals surface area contributed by atoms with Crippen molar-refractivity contribution in [2.75, 3.05) is 6.61 Å². The number of aromatic hydroxyl groups is 1. The molecule has 1 N–H and O–H groups in total. The fraction of sp³-hybridized carbons (Fsp3) is 0.560. The van der Waals surface area contributed by atoms with E-state index in [0.29, 0.717) is 18.2 Å². The van der Waals surface area contributed by atoms with E-state index in [9.17, 15) is 14.7 Å². The predicted molar refractivity (Wildman–Crippen MR) is 130 cm³/mol. The molecule has 0 saturated carbocycles. The topological polar surface area (TPSA) is 85.8 Å². The fourth-order valence-electron chi connectivity index (χ4n) is 3.56. The maximum absolute atomic E-state index is 12.8. The van der Waals surface area contributed by atoms with Crippen LogP contribution in [0.1, 0.15) is 84.9 Å². The summed E-state index contributed by atoms with van der Waals surface area (Å²) in [6, 6.07) is 6.65. The summed E-state index contributed by atoms with van der Waals surface area (Å²) >= 11 is 0. The van der Waals surface area contributed by atoms with E-state index in [1.54, 1.807) is 39.8 Å². The summed E-state index contributed by atoms with van der Waals surface area (Å²) in [6.07, 6.45) is 5.99. The van der Waals surface area contributed by atoms with Crippen LogP contribution in [0.2, 0.25) is 0 Å².